The van der Waals surface area contributed by atoms with Crippen LogP contribution >= 0.6 is 11.6 Å². The second-order valence-corrected chi connectivity index (χ2v) is 4.19. The highest BCUT2D eigenvalue weighted by Crippen LogP contribution is 2.20. The summed E-state index contributed by atoms with van der Waals surface area (Å²) < 4.78 is 10.8. The van der Waals surface area contributed by atoms with Crippen LogP contribution < -0.4 is 5.32 Å². The molecule has 2 rings (SSSR count). The van der Waals surface area contributed by atoms with E-state index in [1.165, 1.54) is 0 Å². The van der Waals surface area contributed by atoms with Gasteiger partial charge in [0.25, 0.3) is 0 Å². The van der Waals surface area contributed by atoms with E-state index in [-0.39, 0.29) is 6.10 Å². The number of nitrogens with one attached hydrogen (secondary N) is 1. The van der Waals surface area contributed by atoms with Crippen molar-refractivity contribution in [2.75, 3.05) is 31.7 Å². The molecule has 1 N–H and O–H groups in total. The van der Waals surface area contributed by atoms with Gasteiger partial charge in [0.2, 0.25) is 0 Å². The van der Waals surface area contributed by atoms with E-state index < -0.39 is 0 Å². The number of hydrogen-bond donors (Lipinski definition) is 1. The van der Waals surface area contributed by atoms with E-state index in [1.54, 1.807) is 18.2 Å². The molecule has 0 radical (unpaired) electrons. The molecule has 17 heavy (non-hydrogen) atoms. The van der Waals surface area contributed by atoms with Crippen LogP contribution in [0.4, 0.5) is 5.69 Å². The predicted octanol–water partition coefficient (Wildman–Crippen LogP) is 2.04. The first-order valence-electron chi connectivity index (χ1n) is 5.42. The van der Waals surface area contributed by atoms with E-state index in [4.69, 9.17) is 26.3 Å². The molecule has 0 aromatic heterocycles. The van der Waals surface area contributed by atoms with E-state index in [9.17, 15) is 0 Å². The van der Waals surface area contributed by atoms with Crippen LogP contribution in [-0.2, 0) is 9.47 Å². The fourth-order valence-electron chi connectivity index (χ4n) is 1.64. The predicted molar refractivity (Wildman–Crippen MR) is 65.2 cm³/mol. The number of ether oxygens (including phenoxy) is 2. The van der Waals surface area contributed by atoms with Crippen LogP contribution in [0.2, 0.25) is 5.02 Å². The smallest absolute Gasteiger partial charge is 0.101 e. The lowest BCUT2D eigenvalue weighted by Gasteiger charge is -2.23. The van der Waals surface area contributed by atoms with Gasteiger partial charge in [-0.2, -0.15) is 5.26 Å². The second-order valence-electron chi connectivity index (χ2n) is 3.75. The maximum absolute atomic E-state index is 8.96. The van der Waals surface area contributed by atoms with Gasteiger partial charge in [0.05, 0.1) is 37.2 Å². The van der Waals surface area contributed by atoms with Crippen LogP contribution in [0.1, 0.15) is 5.56 Å². The quantitative estimate of drug-likeness (QED) is 0.895. The summed E-state index contributed by atoms with van der Waals surface area (Å²) in [7, 11) is 0. The van der Waals surface area contributed by atoms with Crippen molar-refractivity contribution in [3.8, 4) is 6.07 Å². The SMILES string of the molecule is N#Cc1ccc(Cl)cc1NCC1COCCO1. The van der Waals surface area contributed by atoms with Crippen molar-refractivity contribution in [1.82, 2.24) is 0 Å². The largest absolute Gasteiger partial charge is 0.381 e. The van der Waals surface area contributed by atoms with Gasteiger partial charge in [-0.05, 0) is 18.2 Å². The third kappa shape index (κ3) is 3.34. The highest BCUT2D eigenvalue weighted by atomic mass is 35.5. The summed E-state index contributed by atoms with van der Waals surface area (Å²) in [4.78, 5) is 0. The molecule has 1 fully saturated rings. The second kappa shape index (κ2) is 5.87. The first-order chi connectivity index (χ1) is 8.29. The summed E-state index contributed by atoms with van der Waals surface area (Å²) >= 11 is 5.89. The molecule has 1 unspecified atom stereocenters. The van der Waals surface area contributed by atoms with Gasteiger partial charge >= 0.3 is 0 Å². The molecule has 1 aromatic rings. The van der Waals surface area contributed by atoms with Gasteiger partial charge in [-0.15, -0.1) is 0 Å². The Kier molecular flexibility index (Phi) is 4.21. The molecule has 1 saturated heterocycles. The number of rotatable bonds is 3. The van der Waals surface area contributed by atoms with Gasteiger partial charge in [0.15, 0.2) is 0 Å². The number of benzene rings is 1. The van der Waals surface area contributed by atoms with E-state index in [1.807, 2.05) is 0 Å². The lowest BCUT2D eigenvalue weighted by atomic mass is 10.2. The third-order valence-electron chi connectivity index (χ3n) is 2.51. The number of anilines is 1. The Hall–Kier alpha value is -1.28. The normalized spacial score (nSPS) is 19.6. The first kappa shape index (κ1) is 12.2. The molecule has 0 amide bonds. The zero-order chi connectivity index (χ0) is 12.1. The van der Waals surface area contributed by atoms with Crippen LogP contribution in [0.3, 0.4) is 0 Å². The van der Waals surface area contributed by atoms with Gasteiger partial charge in [-0.25, -0.2) is 0 Å². The van der Waals surface area contributed by atoms with Crippen molar-refractivity contribution in [1.29, 1.82) is 5.26 Å². The van der Waals surface area contributed by atoms with E-state index in [0.29, 0.717) is 37.0 Å². The molecule has 1 aliphatic heterocycles. The highest BCUT2D eigenvalue weighted by molar-refractivity contribution is 6.30. The molecular formula is C12H13ClN2O2. The van der Waals surface area contributed by atoms with Crippen LogP contribution in [0.5, 0.6) is 0 Å². The lowest BCUT2D eigenvalue weighted by molar-refractivity contribution is -0.0818. The average Bonchev–Trinajstić information content (AvgIpc) is 2.38. The van der Waals surface area contributed by atoms with Crippen molar-refractivity contribution in [3.05, 3.63) is 28.8 Å². The Morgan fingerprint density at radius 1 is 1.47 bits per heavy atom. The fraction of sp³-hybridized carbons (Fsp3) is 0.417. The van der Waals surface area contributed by atoms with E-state index in [0.717, 1.165) is 5.69 Å². The van der Waals surface area contributed by atoms with Crippen molar-refractivity contribution >= 4 is 17.3 Å². The Bertz CT molecular complexity index is 425. The van der Waals surface area contributed by atoms with Crippen LogP contribution in [-0.4, -0.2) is 32.5 Å². The van der Waals surface area contributed by atoms with Crippen molar-refractivity contribution < 1.29 is 9.47 Å². The van der Waals surface area contributed by atoms with Crippen LogP contribution in [0.25, 0.3) is 0 Å². The molecule has 0 aliphatic carbocycles. The first-order valence-corrected chi connectivity index (χ1v) is 5.80. The molecule has 1 aromatic carbocycles. The van der Waals surface area contributed by atoms with Crippen molar-refractivity contribution in [2.45, 2.75) is 6.10 Å². The summed E-state index contributed by atoms with van der Waals surface area (Å²) in [6.07, 6.45) is 0.0225. The zero-order valence-corrected chi connectivity index (χ0v) is 10.0. The number of nitriles is 1. The monoisotopic (exact) mass is 252 g/mol. The molecule has 5 heteroatoms. The molecule has 4 nitrogen and oxygen atoms in total. The average molecular weight is 253 g/mol. The summed E-state index contributed by atoms with van der Waals surface area (Å²) in [6.45, 7) is 2.45. The van der Waals surface area contributed by atoms with Gasteiger partial charge in [0.1, 0.15) is 6.07 Å². The van der Waals surface area contributed by atoms with E-state index in [2.05, 4.69) is 11.4 Å². The van der Waals surface area contributed by atoms with Crippen LogP contribution in [0, 0.1) is 11.3 Å². The Morgan fingerprint density at radius 2 is 2.35 bits per heavy atom. The summed E-state index contributed by atoms with van der Waals surface area (Å²) in [5.74, 6) is 0. The summed E-state index contributed by atoms with van der Waals surface area (Å²) in [6, 6.07) is 7.25. The molecule has 90 valence electrons. The number of nitrogens with zero attached hydrogens (tertiary/aromatic N) is 1. The maximum atomic E-state index is 8.96. The maximum Gasteiger partial charge on any atom is 0.101 e. The number of halogens is 1. The number of hydrogen-bond acceptors (Lipinski definition) is 4. The Labute approximate surface area is 105 Å². The van der Waals surface area contributed by atoms with Gasteiger partial charge in [-0.3, -0.25) is 0 Å². The zero-order valence-electron chi connectivity index (χ0n) is 9.28. The fourth-order valence-corrected chi connectivity index (χ4v) is 1.81. The Balaban J connectivity index is 1.98. The van der Waals surface area contributed by atoms with E-state index >= 15 is 0 Å². The lowest BCUT2D eigenvalue weighted by Crippen LogP contribution is -2.34. The summed E-state index contributed by atoms with van der Waals surface area (Å²) in [5.41, 5.74) is 1.31. The molecule has 0 bridgehead atoms. The van der Waals surface area contributed by atoms with Crippen LogP contribution in [0.15, 0.2) is 18.2 Å². The van der Waals surface area contributed by atoms with Gasteiger partial charge in [0, 0.05) is 11.6 Å². The standard InChI is InChI=1S/C12H13ClN2O2/c13-10-2-1-9(6-14)12(5-10)15-7-11-8-16-3-4-17-11/h1-2,5,11,15H,3-4,7-8H2. The molecule has 1 heterocycles. The summed E-state index contributed by atoms with van der Waals surface area (Å²) in [5, 5.41) is 12.7. The minimum absolute atomic E-state index is 0.0225. The van der Waals surface area contributed by atoms with Gasteiger partial charge < -0.3 is 14.8 Å². The highest BCUT2D eigenvalue weighted by Gasteiger charge is 2.14. The topological polar surface area (TPSA) is 54.3 Å². The van der Waals surface area contributed by atoms with Gasteiger partial charge in [-0.1, -0.05) is 11.6 Å². The molecule has 0 spiro atoms. The van der Waals surface area contributed by atoms with Crippen molar-refractivity contribution in [2.24, 2.45) is 0 Å². The molecule has 1 aliphatic rings. The third-order valence-corrected chi connectivity index (χ3v) is 2.74. The molecule has 0 saturated carbocycles. The Morgan fingerprint density at radius 3 is 3.06 bits per heavy atom. The molecule has 1 atom stereocenters. The minimum Gasteiger partial charge on any atom is -0.381 e. The molecular weight excluding hydrogens is 240 g/mol. The van der Waals surface area contributed by atoms with Crippen molar-refractivity contribution in [3.63, 3.8) is 0 Å². The minimum atomic E-state index is 0.0225.